The molecule has 3 heterocycles. The lowest BCUT2D eigenvalue weighted by atomic mass is 9.79. The van der Waals surface area contributed by atoms with Gasteiger partial charge in [0.25, 0.3) is 0 Å². The van der Waals surface area contributed by atoms with E-state index >= 15 is 0 Å². The smallest absolute Gasteiger partial charge is 0.0627 e. The molecule has 0 aliphatic carbocycles. The maximum absolute atomic E-state index is 5.76. The van der Waals surface area contributed by atoms with E-state index in [4.69, 9.17) is 5.73 Å². The van der Waals surface area contributed by atoms with Crippen molar-refractivity contribution in [3.63, 3.8) is 0 Å². The number of rotatable bonds is 6. The second-order valence-corrected chi connectivity index (χ2v) is 7.46. The number of allylic oxidation sites excluding steroid dienone is 2. The first-order chi connectivity index (χ1) is 12.2. The fraction of sp³-hybridized carbons (Fsp3) is 0.571. The molecule has 0 spiro atoms. The molecule has 2 aliphatic rings. The van der Waals surface area contributed by atoms with Crippen LogP contribution in [-0.4, -0.2) is 35.1 Å². The number of nitrogens with zero attached hydrogens (tertiary/aromatic N) is 2. The Kier molecular flexibility index (Phi) is 6.27. The Morgan fingerprint density at radius 2 is 2.16 bits per heavy atom. The molecule has 4 heteroatoms. The summed E-state index contributed by atoms with van der Waals surface area (Å²) in [7, 11) is 0. The van der Waals surface area contributed by atoms with E-state index in [1.807, 2.05) is 12.3 Å². The molecule has 136 valence electrons. The van der Waals surface area contributed by atoms with Gasteiger partial charge in [0, 0.05) is 12.2 Å². The fourth-order valence-electron chi connectivity index (χ4n) is 4.41. The number of aromatic nitrogens is 1. The molecule has 0 bridgehead atoms. The molecule has 1 fully saturated rings. The molecule has 1 aromatic heterocycles. The van der Waals surface area contributed by atoms with Gasteiger partial charge in [0.05, 0.1) is 17.8 Å². The largest absolute Gasteiger partial charge is 0.383 e. The highest BCUT2D eigenvalue weighted by atomic mass is 15.2. The molecule has 1 saturated heterocycles. The van der Waals surface area contributed by atoms with Crippen molar-refractivity contribution in [3.05, 3.63) is 54.0 Å². The van der Waals surface area contributed by atoms with Crippen LogP contribution in [0.4, 0.5) is 0 Å². The van der Waals surface area contributed by atoms with Crippen LogP contribution in [0.25, 0.3) is 0 Å². The average Bonchev–Trinajstić information content (AvgIpc) is 2.64. The van der Waals surface area contributed by atoms with Crippen LogP contribution < -0.4 is 11.1 Å². The summed E-state index contributed by atoms with van der Waals surface area (Å²) in [6, 6.07) is 7.57. The topological polar surface area (TPSA) is 54.2 Å². The van der Waals surface area contributed by atoms with E-state index in [2.05, 4.69) is 59.5 Å². The maximum Gasteiger partial charge on any atom is 0.0627 e. The number of dihydropyridines is 1. The van der Waals surface area contributed by atoms with Crippen molar-refractivity contribution in [2.75, 3.05) is 13.1 Å². The molecule has 1 aromatic rings. The van der Waals surface area contributed by atoms with Crippen LogP contribution in [0.15, 0.2) is 48.3 Å². The third-order valence-corrected chi connectivity index (χ3v) is 5.72. The van der Waals surface area contributed by atoms with E-state index in [1.54, 1.807) is 0 Å². The van der Waals surface area contributed by atoms with Crippen molar-refractivity contribution in [1.82, 2.24) is 15.2 Å². The summed E-state index contributed by atoms with van der Waals surface area (Å²) >= 11 is 0. The van der Waals surface area contributed by atoms with Crippen LogP contribution >= 0.6 is 0 Å². The van der Waals surface area contributed by atoms with Crippen molar-refractivity contribution in [1.29, 1.82) is 0 Å². The number of likely N-dealkylation sites (tertiary alicyclic amines) is 1. The molecule has 0 amide bonds. The summed E-state index contributed by atoms with van der Waals surface area (Å²) in [5, 5.41) is 3.63. The standard InChI is InChI=1S/C21H32N4/c1-16-8-7-14-24-20(16)21-17(2)10-11-19(18-9-3-5-13-23-18)25(21)15-6-4-12-22/h3,5,7-9,13-14,17,19-21,24H,4,6,10-12,15,22H2,1-2H3. The van der Waals surface area contributed by atoms with Gasteiger partial charge in [-0.15, -0.1) is 0 Å². The summed E-state index contributed by atoms with van der Waals surface area (Å²) in [4.78, 5) is 7.40. The second kappa shape index (κ2) is 8.63. The van der Waals surface area contributed by atoms with E-state index in [0.717, 1.165) is 25.9 Å². The van der Waals surface area contributed by atoms with Gasteiger partial charge in [0.2, 0.25) is 0 Å². The molecule has 0 radical (unpaired) electrons. The Bertz CT molecular complexity index is 595. The Balaban J connectivity index is 1.88. The Labute approximate surface area is 152 Å². The summed E-state index contributed by atoms with van der Waals surface area (Å²) < 4.78 is 0. The molecule has 2 aliphatic heterocycles. The zero-order chi connectivity index (χ0) is 17.6. The summed E-state index contributed by atoms with van der Waals surface area (Å²) in [5.41, 5.74) is 8.38. The van der Waals surface area contributed by atoms with Crippen molar-refractivity contribution < 1.29 is 0 Å². The first kappa shape index (κ1) is 18.2. The number of nitrogens with one attached hydrogen (secondary N) is 1. The molecule has 3 rings (SSSR count). The highest BCUT2D eigenvalue weighted by Crippen LogP contribution is 2.39. The third-order valence-electron chi connectivity index (χ3n) is 5.72. The van der Waals surface area contributed by atoms with E-state index in [1.165, 1.54) is 24.1 Å². The molecule has 25 heavy (non-hydrogen) atoms. The highest BCUT2D eigenvalue weighted by Gasteiger charge is 2.40. The highest BCUT2D eigenvalue weighted by molar-refractivity contribution is 5.25. The molecule has 4 atom stereocenters. The van der Waals surface area contributed by atoms with Crippen molar-refractivity contribution in [2.45, 2.75) is 57.7 Å². The molecule has 4 nitrogen and oxygen atoms in total. The van der Waals surface area contributed by atoms with Gasteiger partial charge in [-0.1, -0.05) is 19.1 Å². The van der Waals surface area contributed by atoms with Gasteiger partial charge < -0.3 is 11.1 Å². The van der Waals surface area contributed by atoms with Gasteiger partial charge in [-0.2, -0.15) is 0 Å². The number of hydrogen-bond donors (Lipinski definition) is 2. The van der Waals surface area contributed by atoms with Crippen molar-refractivity contribution in [3.8, 4) is 0 Å². The fourth-order valence-corrected chi connectivity index (χ4v) is 4.41. The monoisotopic (exact) mass is 340 g/mol. The van der Waals surface area contributed by atoms with Gasteiger partial charge in [-0.3, -0.25) is 9.88 Å². The van der Waals surface area contributed by atoms with Gasteiger partial charge in [0.15, 0.2) is 0 Å². The van der Waals surface area contributed by atoms with Crippen molar-refractivity contribution >= 4 is 0 Å². The molecule has 4 unspecified atom stereocenters. The Morgan fingerprint density at radius 1 is 1.28 bits per heavy atom. The molecule has 3 N–H and O–H groups in total. The maximum atomic E-state index is 5.76. The van der Waals surface area contributed by atoms with Crippen LogP contribution in [0.1, 0.15) is 51.3 Å². The Hall–Kier alpha value is -1.65. The summed E-state index contributed by atoms with van der Waals surface area (Å²) in [5.74, 6) is 0.658. The minimum absolute atomic E-state index is 0.379. The normalized spacial score (nSPS) is 30.0. The average molecular weight is 341 g/mol. The molecule has 0 aromatic carbocycles. The van der Waals surface area contributed by atoms with E-state index in [0.29, 0.717) is 24.0 Å². The van der Waals surface area contributed by atoms with Crippen LogP contribution in [-0.2, 0) is 0 Å². The quantitative estimate of drug-likeness (QED) is 0.780. The summed E-state index contributed by atoms with van der Waals surface area (Å²) in [6.45, 7) is 6.51. The molecular formula is C21H32N4. The Morgan fingerprint density at radius 3 is 2.88 bits per heavy atom. The molecule has 0 saturated carbocycles. The predicted molar refractivity (Wildman–Crippen MR) is 104 cm³/mol. The van der Waals surface area contributed by atoms with Crippen LogP contribution in [0, 0.1) is 5.92 Å². The first-order valence-electron chi connectivity index (χ1n) is 9.68. The van der Waals surface area contributed by atoms with Crippen LogP contribution in [0.2, 0.25) is 0 Å². The zero-order valence-corrected chi connectivity index (χ0v) is 15.6. The second-order valence-electron chi connectivity index (χ2n) is 7.46. The van der Waals surface area contributed by atoms with E-state index in [-0.39, 0.29) is 0 Å². The SMILES string of the molecule is CC1=CC=CNC1C1C(C)CCC(c2ccccn2)N1CCCCN. The molecular weight excluding hydrogens is 308 g/mol. The van der Waals surface area contributed by atoms with Crippen molar-refractivity contribution in [2.24, 2.45) is 11.7 Å². The lowest BCUT2D eigenvalue weighted by Gasteiger charge is -2.49. The lowest BCUT2D eigenvalue weighted by molar-refractivity contribution is 0.0275. The van der Waals surface area contributed by atoms with Gasteiger partial charge >= 0.3 is 0 Å². The van der Waals surface area contributed by atoms with Crippen LogP contribution in [0.3, 0.4) is 0 Å². The number of hydrogen-bond acceptors (Lipinski definition) is 4. The first-order valence-corrected chi connectivity index (χ1v) is 9.68. The minimum atomic E-state index is 0.379. The minimum Gasteiger partial charge on any atom is -0.383 e. The van der Waals surface area contributed by atoms with E-state index in [9.17, 15) is 0 Å². The van der Waals surface area contributed by atoms with Crippen LogP contribution in [0.5, 0.6) is 0 Å². The third kappa shape index (κ3) is 4.13. The van der Waals surface area contributed by atoms with Gasteiger partial charge in [-0.25, -0.2) is 0 Å². The van der Waals surface area contributed by atoms with Gasteiger partial charge in [0.1, 0.15) is 0 Å². The van der Waals surface area contributed by atoms with E-state index < -0.39 is 0 Å². The van der Waals surface area contributed by atoms with Gasteiger partial charge in [-0.05, 0) is 81.6 Å². The number of piperidine rings is 1. The lowest BCUT2D eigenvalue weighted by Crippen LogP contribution is -2.57. The number of nitrogens with two attached hydrogens (primary N) is 1. The predicted octanol–water partition coefficient (Wildman–Crippen LogP) is 3.39. The zero-order valence-electron chi connectivity index (χ0n) is 15.6. The summed E-state index contributed by atoms with van der Waals surface area (Å²) in [6.07, 6.45) is 13.0. The number of pyridine rings is 1. The number of unbranched alkanes of at least 4 members (excludes halogenated alkanes) is 1.